The van der Waals surface area contributed by atoms with E-state index in [1.165, 1.54) is 0 Å². The number of nitrogen functional groups attached to an aromatic ring is 1. The van der Waals surface area contributed by atoms with Crippen LogP contribution in [0, 0.1) is 0 Å². The molecule has 5 nitrogen and oxygen atoms in total. The van der Waals surface area contributed by atoms with Crippen LogP contribution in [0.15, 0.2) is 34.4 Å². The SMILES string of the molecule is CCN(C(=O)COC(=O)c1cc(Br)ccc1N)C1=CCCC1. The number of amides is 1. The number of esters is 1. The molecule has 1 aliphatic carbocycles. The number of nitrogens with two attached hydrogens (primary N) is 1. The highest BCUT2D eigenvalue weighted by atomic mass is 79.9. The Bertz CT molecular complexity index is 613. The van der Waals surface area contributed by atoms with Crippen molar-refractivity contribution in [2.24, 2.45) is 0 Å². The number of hydrogen-bond acceptors (Lipinski definition) is 4. The number of rotatable bonds is 5. The molecule has 118 valence electrons. The monoisotopic (exact) mass is 366 g/mol. The molecule has 0 unspecified atom stereocenters. The zero-order valence-electron chi connectivity index (χ0n) is 12.5. The lowest BCUT2D eigenvalue weighted by molar-refractivity contribution is -0.132. The van der Waals surface area contributed by atoms with Crippen LogP contribution >= 0.6 is 15.9 Å². The van der Waals surface area contributed by atoms with Crippen LogP contribution in [0.5, 0.6) is 0 Å². The largest absolute Gasteiger partial charge is 0.452 e. The van der Waals surface area contributed by atoms with Gasteiger partial charge in [0.15, 0.2) is 6.61 Å². The highest BCUT2D eigenvalue weighted by Crippen LogP contribution is 2.22. The fourth-order valence-corrected chi connectivity index (χ4v) is 2.79. The molecule has 0 spiro atoms. The maximum Gasteiger partial charge on any atom is 0.340 e. The van der Waals surface area contributed by atoms with Crippen LogP contribution in [0.1, 0.15) is 36.5 Å². The second kappa shape index (κ2) is 7.45. The number of benzene rings is 1. The number of hydrogen-bond donors (Lipinski definition) is 1. The van der Waals surface area contributed by atoms with Crippen LogP contribution < -0.4 is 5.73 Å². The minimum absolute atomic E-state index is 0.211. The Hall–Kier alpha value is -1.82. The summed E-state index contributed by atoms with van der Waals surface area (Å²) in [5.74, 6) is -0.804. The van der Waals surface area contributed by atoms with E-state index in [-0.39, 0.29) is 18.1 Å². The van der Waals surface area contributed by atoms with Gasteiger partial charge in [0.2, 0.25) is 0 Å². The van der Waals surface area contributed by atoms with Gasteiger partial charge in [-0.1, -0.05) is 22.0 Å². The molecule has 2 N–H and O–H groups in total. The predicted octanol–water partition coefficient (Wildman–Crippen LogP) is 3.10. The Labute approximate surface area is 138 Å². The van der Waals surface area contributed by atoms with Crippen LogP contribution in [-0.4, -0.2) is 29.9 Å². The molecule has 1 aromatic rings. The van der Waals surface area contributed by atoms with Gasteiger partial charge in [-0.15, -0.1) is 0 Å². The fourth-order valence-electron chi connectivity index (χ4n) is 2.43. The average Bonchev–Trinajstić information content (AvgIpc) is 3.02. The molecule has 2 rings (SSSR count). The van der Waals surface area contributed by atoms with Crippen molar-refractivity contribution >= 4 is 33.5 Å². The molecular formula is C16H19BrN2O3. The van der Waals surface area contributed by atoms with E-state index < -0.39 is 5.97 Å². The first-order valence-electron chi connectivity index (χ1n) is 7.24. The van der Waals surface area contributed by atoms with Gasteiger partial charge in [-0.25, -0.2) is 4.79 Å². The van der Waals surface area contributed by atoms with Gasteiger partial charge in [0.1, 0.15) is 0 Å². The van der Waals surface area contributed by atoms with Crippen LogP contribution in [-0.2, 0) is 9.53 Å². The van der Waals surface area contributed by atoms with E-state index in [0.29, 0.717) is 12.2 Å². The lowest BCUT2D eigenvalue weighted by atomic mass is 10.2. The normalized spacial score (nSPS) is 13.6. The molecule has 0 aromatic heterocycles. The predicted molar refractivity (Wildman–Crippen MR) is 88.2 cm³/mol. The van der Waals surface area contributed by atoms with E-state index in [1.54, 1.807) is 23.1 Å². The first-order valence-corrected chi connectivity index (χ1v) is 8.03. The van der Waals surface area contributed by atoms with Crippen LogP contribution in [0.25, 0.3) is 0 Å². The highest BCUT2D eigenvalue weighted by Gasteiger charge is 2.21. The maximum absolute atomic E-state index is 12.2. The van der Waals surface area contributed by atoms with Crippen LogP contribution in [0.2, 0.25) is 0 Å². The molecule has 22 heavy (non-hydrogen) atoms. The summed E-state index contributed by atoms with van der Waals surface area (Å²) >= 11 is 3.28. The summed E-state index contributed by atoms with van der Waals surface area (Å²) in [7, 11) is 0. The van der Waals surface area contributed by atoms with Crippen LogP contribution in [0.3, 0.4) is 0 Å². The molecule has 6 heteroatoms. The van der Waals surface area contributed by atoms with Gasteiger partial charge < -0.3 is 15.4 Å². The van der Waals surface area contributed by atoms with Gasteiger partial charge in [-0.3, -0.25) is 4.79 Å². The molecular weight excluding hydrogens is 348 g/mol. The van der Waals surface area contributed by atoms with Gasteiger partial charge in [0.05, 0.1) is 5.56 Å². The van der Waals surface area contributed by atoms with Gasteiger partial charge in [0.25, 0.3) is 5.91 Å². The standard InChI is InChI=1S/C16H19BrN2O3/c1-2-19(12-5-3-4-6-12)15(20)10-22-16(21)13-9-11(17)7-8-14(13)18/h5,7-9H,2-4,6,10,18H2,1H3. The summed E-state index contributed by atoms with van der Waals surface area (Å²) in [6, 6.07) is 4.94. The molecule has 0 bridgehead atoms. The Morgan fingerprint density at radius 1 is 1.41 bits per heavy atom. The number of allylic oxidation sites excluding steroid dienone is 2. The second-order valence-electron chi connectivity index (χ2n) is 5.03. The van der Waals surface area contributed by atoms with Crippen molar-refractivity contribution < 1.29 is 14.3 Å². The Balaban J connectivity index is 1.98. The van der Waals surface area contributed by atoms with Gasteiger partial charge in [-0.2, -0.15) is 0 Å². The number of carbonyl (C=O) groups is 2. The van der Waals surface area contributed by atoms with Crippen molar-refractivity contribution in [1.82, 2.24) is 4.90 Å². The van der Waals surface area contributed by atoms with E-state index in [9.17, 15) is 9.59 Å². The topological polar surface area (TPSA) is 72.6 Å². The van der Waals surface area contributed by atoms with Crippen molar-refractivity contribution in [3.05, 3.63) is 40.0 Å². The quantitative estimate of drug-likeness (QED) is 0.641. The summed E-state index contributed by atoms with van der Waals surface area (Å²) in [5.41, 5.74) is 7.36. The third-order valence-corrected chi connectivity index (χ3v) is 4.04. The summed E-state index contributed by atoms with van der Waals surface area (Å²) < 4.78 is 5.84. The average molecular weight is 367 g/mol. The zero-order valence-corrected chi connectivity index (χ0v) is 14.1. The summed E-state index contributed by atoms with van der Waals surface area (Å²) in [6.45, 7) is 2.20. The Morgan fingerprint density at radius 2 is 2.18 bits per heavy atom. The van der Waals surface area contributed by atoms with Crippen molar-refractivity contribution in [1.29, 1.82) is 0 Å². The van der Waals surface area contributed by atoms with Crippen molar-refractivity contribution in [3.63, 3.8) is 0 Å². The molecule has 1 aromatic carbocycles. The lowest BCUT2D eigenvalue weighted by Crippen LogP contribution is -2.33. The fraction of sp³-hybridized carbons (Fsp3) is 0.375. The highest BCUT2D eigenvalue weighted by molar-refractivity contribution is 9.10. The molecule has 0 atom stereocenters. The number of ether oxygens (including phenoxy) is 1. The Morgan fingerprint density at radius 3 is 2.82 bits per heavy atom. The smallest absolute Gasteiger partial charge is 0.340 e. The molecule has 0 saturated carbocycles. The first kappa shape index (κ1) is 16.5. The number of nitrogens with zero attached hydrogens (tertiary/aromatic N) is 1. The molecule has 0 saturated heterocycles. The third kappa shape index (κ3) is 3.88. The zero-order chi connectivity index (χ0) is 16.1. The number of anilines is 1. The molecule has 1 aliphatic rings. The second-order valence-corrected chi connectivity index (χ2v) is 5.95. The first-order chi connectivity index (χ1) is 10.5. The van der Waals surface area contributed by atoms with Crippen molar-refractivity contribution in [3.8, 4) is 0 Å². The third-order valence-electron chi connectivity index (χ3n) is 3.54. The van der Waals surface area contributed by atoms with E-state index in [4.69, 9.17) is 10.5 Å². The summed E-state index contributed by atoms with van der Waals surface area (Å²) in [5, 5.41) is 0. The summed E-state index contributed by atoms with van der Waals surface area (Å²) in [4.78, 5) is 25.9. The molecule has 0 heterocycles. The Kier molecular flexibility index (Phi) is 5.60. The molecule has 0 aliphatic heterocycles. The number of likely N-dealkylation sites (N-methyl/N-ethyl adjacent to an activating group) is 1. The van der Waals surface area contributed by atoms with E-state index in [1.807, 2.05) is 6.92 Å². The summed E-state index contributed by atoms with van der Waals surface area (Å²) in [6.07, 6.45) is 5.02. The minimum Gasteiger partial charge on any atom is -0.452 e. The maximum atomic E-state index is 12.2. The van der Waals surface area contributed by atoms with Crippen LogP contribution in [0.4, 0.5) is 5.69 Å². The molecule has 0 radical (unpaired) electrons. The minimum atomic E-state index is -0.594. The van der Waals surface area contributed by atoms with Gasteiger partial charge >= 0.3 is 5.97 Å². The van der Waals surface area contributed by atoms with Crippen molar-refractivity contribution in [2.75, 3.05) is 18.9 Å². The van der Waals surface area contributed by atoms with Gasteiger partial charge in [0, 0.05) is 22.4 Å². The lowest BCUT2D eigenvalue weighted by Gasteiger charge is -2.22. The van der Waals surface area contributed by atoms with E-state index in [2.05, 4.69) is 22.0 Å². The van der Waals surface area contributed by atoms with E-state index >= 15 is 0 Å². The van der Waals surface area contributed by atoms with E-state index in [0.717, 1.165) is 29.4 Å². The van der Waals surface area contributed by atoms with Gasteiger partial charge in [-0.05, 0) is 44.4 Å². The number of carbonyl (C=O) groups excluding carboxylic acids is 2. The molecule has 0 fully saturated rings. The molecule has 1 amide bonds. The van der Waals surface area contributed by atoms with Crippen molar-refractivity contribution in [2.45, 2.75) is 26.2 Å². The number of halogens is 1.